The number of hydrogen-bond donors (Lipinski definition) is 0. The summed E-state index contributed by atoms with van der Waals surface area (Å²) in [4.78, 5) is 13.4. The van der Waals surface area contributed by atoms with E-state index in [1.807, 2.05) is 0 Å². The van der Waals surface area contributed by atoms with E-state index in [1.54, 1.807) is 18.0 Å². The van der Waals surface area contributed by atoms with Crippen molar-refractivity contribution >= 4 is 21.8 Å². The van der Waals surface area contributed by atoms with E-state index in [9.17, 15) is 4.79 Å². The Bertz CT molecular complexity index is 291. The van der Waals surface area contributed by atoms with E-state index in [0.717, 1.165) is 18.3 Å². The third-order valence-corrected chi connectivity index (χ3v) is 2.37. The largest absolute Gasteiger partial charge is 0.342 e. The molecule has 0 saturated carbocycles. The van der Waals surface area contributed by atoms with Gasteiger partial charge in [-0.3, -0.25) is 4.79 Å². The number of hydrogen-bond acceptors (Lipinski definition) is 3. The lowest BCUT2D eigenvalue weighted by Crippen LogP contribution is -2.28. The summed E-state index contributed by atoms with van der Waals surface area (Å²) in [6.07, 6.45) is 3.94. The summed E-state index contributed by atoms with van der Waals surface area (Å²) in [6.45, 7) is 0.742. The van der Waals surface area contributed by atoms with Crippen LogP contribution in [0.1, 0.15) is 16.8 Å². The first-order chi connectivity index (χ1) is 6.75. The van der Waals surface area contributed by atoms with E-state index in [1.165, 1.54) is 12.4 Å². The van der Waals surface area contributed by atoms with Crippen LogP contribution in [0, 0.1) is 0 Å². The topological polar surface area (TPSA) is 46.1 Å². The van der Waals surface area contributed by atoms with E-state index in [-0.39, 0.29) is 5.91 Å². The molecule has 0 saturated heterocycles. The second-order valence-corrected chi connectivity index (χ2v) is 3.69. The van der Waals surface area contributed by atoms with Crippen LogP contribution in [0.25, 0.3) is 0 Å². The molecular weight excluding hydrogens is 246 g/mol. The minimum Gasteiger partial charge on any atom is -0.342 e. The third-order valence-electron chi connectivity index (χ3n) is 1.81. The molecule has 1 aromatic rings. The normalized spacial score (nSPS) is 9.86. The van der Waals surface area contributed by atoms with Crippen LogP contribution in [0.5, 0.6) is 0 Å². The highest BCUT2D eigenvalue weighted by atomic mass is 79.9. The van der Waals surface area contributed by atoms with Gasteiger partial charge in [-0.2, -0.15) is 10.2 Å². The Morgan fingerprint density at radius 2 is 2.36 bits per heavy atom. The molecule has 4 nitrogen and oxygen atoms in total. The van der Waals surface area contributed by atoms with Crippen LogP contribution in [0.3, 0.4) is 0 Å². The van der Waals surface area contributed by atoms with Crippen molar-refractivity contribution in [1.82, 2.24) is 15.1 Å². The first kappa shape index (κ1) is 11.1. The molecule has 0 atom stereocenters. The summed E-state index contributed by atoms with van der Waals surface area (Å²) in [7, 11) is 1.78. The van der Waals surface area contributed by atoms with Gasteiger partial charge in [0.25, 0.3) is 5.91 Å². The van der Waals surface area contributed by atoms with Crippen LogP contribution in [-0.2, 0) is 0 Å². The summed E-state index contributed by atoms with van der Waals surface area (Å²) >= 11 is 3.32. The summed E-state index contributed by atoms with van der Waals surface area (Å²) < 4.78 is 0. The molecule has 5 heteroatoms. The molecule has 1 heterocycles. The van der Waals surface area contributed by atoms with E-state index in [2.05, 4.69) is 26.1 Å². The fraction of sp³-hybridized carbons (Fsp3) is 0.444. The molecule has 0 aromatic carbocycles. The van der Waals surface area contributed by atoms with Crippen molar-refractivity contribution in [3.63, 3.8) is 0 Å². The summed E-state index contributed by atoms with van der Waals surface area (Å²) in [5.41, 5.74) is 0.581. The number of carbonyl (C=O) groups excluding carboxylic acids is 1. The van der Waals surface area contributed by atoms with Crippen LogP contribution in [-0.4, -0.2) is 39.9 Å². The second-order valence-electron chi connectivity index (χ2n) is 2.90. The van der Waals surface area contributed by atoms with Crippen LogP contribution < -0.4 is 0 Å². The van der Waals surface area contributed by atoms with Crippen LogP contribution in [0.2, 0.25) is 0 Å². The fourth-order valence-electron chi connectivity index (χ4n) is 1.04. The van der Waals surface area contributed by atoms with Gasteiger partial charge in [-0.1, -0.05) is 15.9 Å². The number of alkyl halides is 1. The zero-order valence-corrected chi connectivity index (χ0v) is 9.57. The van der Waals surface area contributed by atoms with Gasteiger partial charge in [-0.05, 0) is 12.5 Å². The lowest BCUT2D eigenvalue weighted by molar-refractivity contribution is 0.0795. The molecule has 0 aliphatic heterocycles. The van der Waals surface area contributed by atoms with Gasteiger partial charge in [-0.25, -0.2) is 0 Å². The molecular formula is C9H12BrN3O. The number of nitrogens with zero attached hydrogens (tertiary/aromatic N) is 3. The molecule has 1 aromatic heterocycles. The highest BCUT2D eigenvalue weighted by molar-refractivity contribution is 9.09. The third kappa shape index (κ3) is 3.06. The van der Waals surface area contributed by atoms with E-state index in [4.69, 9.17) is 0 Å². The van der Waals surface area contributed by atoms with Crippen molar-refractivity contribution in [2.45, 2.75) is 6.42 Å². The van der Waals surface area contributed by atoms with Crippen LogP contribution in [0.15, 0.2) is 18.5 Å². The molecule has 0 spiro atoms. The molecule has 0 aliphatic carbocycles. The smallest absolute Gasteiger partial charge is 0.255 e. The predicted octanol–water partition coefficient (Wildman–Crippen LogP) is 1.33. The zero-order chi connectivity index (χ0) is 10.4. The van der Waals surface area contributed by atoms with Crippen molar-refractivity contribution in [2.24, 2.45) is 0 Å². The Kier molecular flexibility index (Phi) is 4.52. The molecule has 0 bridgehead atoms. The van der Waals surface area contributed by atoms with Crippen molar-refractivity contribution in [1.29, 1.82) is 0 Å². The molecule has 14 heavy (non-hydrogen) atoms. The minimum absolute atomic E-state index is 0.0131. The van der Waals surface area contributed by atoms with E-state index < -0.39 is 0 Å². The molecule has 0 aliphatic rings. The number of amides is 1. The van der Waals surface area contributed by atoms with E-state index >= 15 is 0 Å². The van der Waals surface area contributed by atoms with Gasteiger partial charge in [-0.15, -0.1) is 0 Å². The van der Waals surface area contributed by atoms with Gasteiger partial charge < -0.3 is 4.90 Å². The Hall–Kier alpha value is -0.970. The van der Waals surface area contributed by atoms with Crippen LogP contribution >= 0.6 is 15.9 Å². The maximum absolute atomic E-state index is 11.7. The summed E-state index contributed by atoms with van der Waals surface area (Å²) in [5.74, 6) is -0.0131. The van der Waals surface area contributed by atoms with Crippen molar-refractivity contribution < 1.29 is 4.79 Å². The Balaban J connectivity index is 2.57. The lowest BCUT2D eigenvalue weighted by atomic mass is 10.2. The summed E-state index contributed by atoms with van der Waals surface area (Å²) in [5, 5.41) is 8.18. The number of halogens is 1. The van der Waals surface area contributed by atoms with Crippen LogP contribution in [0.4, 0.5) is 0 Å². The first-order valence-corrected chi connectivity index (χ1v) is 5.46. The molecule has 0 unspecified atom stereocenters. The van der Waals surface area contributed by atoms with Crippen molar-refractivity contribution in [2.75, 3.05) is 18.9 Å². The average molecular weight is 258 g/mol. The lowest BCUT2D eigenvalue weighted by Gasteiger charge is -2.15. The highest BCUT2D eigenvalue weighted by Gasteiger charge is 2.10. The van der Waals surface area contributed by atoms with Gasteiger partial charge >= 0.3 is 0 Å². The number of carbonyl (C=O) groups is 1. The summed E-state index contributed by atoms with van der Waals surface area (Å²) in [6, 6.07) is 1.67. The van der Waals surface area contributed by atoms with Crippen molar-refractivity contribution in [3.8, 4) is 0 Å². The fourth-order valence-corrected chi connectivity index (χ4v) is 1.29. The Morgan fingerprint density at radius 3 is 2.93 bits per heavy atom. The molecule has 1 rings (SSSR count). The first-order valence-electron chi connectivity index (χ1n) is 4.34. The molecule has 76 valence electrons. The highest BCUT2D eigenvalue weighted by Crippen LogP contribution is 2.01. The second kappa shape index (κ2) is 5.70. The van der Waals surface area contributed by atoms with Crippen molar-refractivity contribution in [3.05, 3.63) is 24.0 Å². The van der Waals surface area contributed by atoms with Gasteiger partial charge in [0.1, 0.15) is 0 Å². The Morgan fingerprint density at radius 1 is 1.57 bits per heavy atom. The number of aromatic nitrogens is 2. The standard InChI is InChI=1S/C9H12BrN3O/c1-13(6-2-4-10)9(14)8-3-5-11-12-7-8/h3,5,7H,2,4,6H2,1H3. The zero-order valence-electron chi connectivity index (χ0n) is 7.98. The molecule has 0 N–H and O–H groups in total. The van der Waals surface area contributed by atoms with Gasteiger partial charge in [0.15, 0.2) is 0 Å². The predicted molar refractivity (Wildman–Crippen MR) is 57.4 cm³/mol. The van der Waals surface area contributed by atoms with E-state index in [0.29, 0.717) is 5.56 Å². The molecule has 1 amide bonds. The maximum atomic E-state index is 11.7. The number of rotatable bonds is 4. The monoisotopic (exact) mass is 257 g/mol. The Labute approximate surface area is 91.5 Å². The molecule has 0 fully saturated rings. The quantitative estimate of drug-likeness (QED) is 0.765. The van der Waals surface area contributed by atoms with Gasteiger partial charge in [0.05, 0.1) is 18.0 Å². The molecule has 0 radical (unpaired) electrons. The van der Waals surface area contributed by atoms with Gasteiger partial charge in [0.2, 0.25) is 0 Å². The average Bonchev–Trinajstić information content (AvgIpc) is 2.26. The van der Waals surface area contributed by atoms with Gasteiger partial charge in [0, 0.05) is 18.9 Å². The minimum atomic E-state index is -0.0131. The SMILES string of the molecule is CN(CCCBr)C(=O)c1ccnnc1. The maximum Gasteiger partial charge on any atom is 0.255 e.